The van der Waals surface area contributed by atoms with E-state index in [1.807, 2.05) is 30.3 Å². The average Bonchev–Trinajstić information content (AvgIpc) is 3.02. The van der Waals surface area contributed by atoms with Crippen LogP contribution in [0.1, 0.15) is 116 Å². The molecule has 0 spiro atoms. The van der Waals surface area contributed by atoms with E-state index >= 15 is 0 Å². The Kier molecular flexibility index (Phi) is 7.69. The number of hydrogen-bond donors (Lipinski definition) is 1. The molecule has 1 N–H and O–H groups in total. The minimum absolute atomic E-state index is 0.0298. The van der Waals surface area contributed by atoms with E-state index in [4.69, 9.17) is 21.3 Å². The van der Waals surface area contributed by atoms with Gasteiger partial charge in [-0.15, -0.1) is 0 Å². The van der Waals surface area contributed by atoms with Crippen LogP contribution >= 0.6 is 11.6 Å². The molecule has 3 saturated carbocycles. The van der Waals surface area contributed by atoms with Gasteiger partial charge in [0.15, 0.2) is 0 Å². The monoisotopic (exact) mass is 643 g/mol. The zero-order valence-corrected chi connectivity index (χ0v) is 29.8. The van der Waals surface area contributed by atoms with Gasteiger partial charge in [-0.1, -0.05) is 102 Å². The molecule has 0 radical (unpaired) electrons. The predicted molar refractivity (Wildman–Crippen MR) is 184 cm³/mol. The number of aromatic nitrogens is 1. The summed E-state index contributed by atoms with van der Waals surface area (Å²) in [5.41, 5.74) is 5.44. The van der Waals surface area contributed by atoms with Crippen molar-refractivity contribution in [1.82, 2.24) is 4.98 Å². The summed E-state index contributed by atoms with van der Waals surface area (Å²) >= 11 is 6.58. The molecule has 7 rings (SSSR count). The summed E-state index contributed by atoms with van der Waals surface area (Å²) in [6, 6.07) is 12.3. The molecule has 0 aliphatic heterocycles. The van der Waals surface area contributed by atoms with Crippen LogP contribution in [-0.2, 0) is 34.6 Å². The number of rotatable bonds is 4. The van der Waals surface area contributed by atoms with Crippen LogP contribution in [0.2, 0.25) is 5.15 Å². The summed E-state index contributed by atoms with van der Waals surface area (Å²) < 4.78 is 6.23. The number of pyridine rings is 1. The number of halogens is 1. The van der Waals surface area contributed by atoms with Crippen molar-refractivity contribution in [3.05, 3.63) is 75.6 Å². The van der Waals surface area contributed by atoms with Crippen LogP contribution in [-0.4, -0.2) is 16.1 Å². The van der Waals surface area contributed by atoms with Gasteiger partial charge >= 0.3 is 5.97 Å². The number of aliphatic hydroxyl groups is 1. The molecule has 248 valence electrons. The molecule has 2 aromatic rings. The third-order valence-electron chi connectivity index (χ3n) is 15.2. The first-order chi connectivity index (χ1) is 21.7. The number of carbonyl (C=O) groups is 1. The zero-order chi connectivity index (χ0) is 32.9. The van der Waals surface area contributed by atoms with Crippen molar-refractivity contribution in [3.63, 3.8) is 0 Å². The molecule has 9 atom stereocenters. The van der Waals surface area contributed by atoms with E-state index in [1.54, 1.807) is 5.57 Å². The summed E-state index contributed by atoms with van der Waals surface area (Å²) in [5.74, 6) is 2.28. The number of esters is 1. The van der Waals surface area contributed by atoms with E-state index in [0.717, 1.165) is 55.3 Å². The minimum atomic E-state index is -0.437. The van der Waals surface area contributed by atoms with Gasteiger partial charge in [-0.3, -0.25) is 4.79 Å². The van der Waals surface area contributed by atoms with Crippen LogP contribution in [0.5, 0.6) is 0 Å². The first-order valence-corrected chi connectivity index (χ1v) is 18.3. The summed E-state index contributed by atoms with van der Waals surface area (Å²) in [6.07, 6.45) is 11.0. The van der Waals surface area contributed by atoms with E-state index in [9.17, 15) is 9.90 Å². The van der Waals surface area contributed by atoms with Crippen LogP contribution in [0.4, 0.5) is 0 Å². The fourth-order valence-corrected chi connectivity index (χ4v) is 12.7. The van der Waals surface area contributed by atoms with Crippen LogP contribution in [0.25, 0.3) is 0 Å². The number of carbonyl (C=O) groups excluding carboxylic acids is 1. The lowest BCUT2D eigenvalue weighted by molar-refractivity contribution is -0.184. The molecule has 0 saturated heterocycles. The molecular weight excluding hydrogens is 590 g/mol. The number of benzene rings is 1. The topological polar surface area (TPSA) is 59.4 Å². The normalized spacial score (nSPS) is 40.7. The second-order valence-electron chi connectivity index (χ2n) is 17.4. The van der Waals surface area contributed by atoms with Gasteiger partial charge in [0.2, 0.25) is 0 Å². The molecule has 0 amide bonds. The SMILES string of the molecule is C[C@H]1[C@H](C)CC[C@]2(C(=O)OCc3ccccc3)CC[C@]3(C)C(=CC[C@@H]4[C@@]5(C)Cc6cc(CO)c(Cl)nc6C(C)(C)[C@@H]5CC[C@]43C)[C@H]12. The van der Waals surface area contributed by atoms with Gasteiger partial charge in [-0.05, 0) is 114 Å². The lowest BCUT2D eigenvalue weighted by Crippen LogP contribution is -2.65. The highest BCUT2D eigenvalue weighted by Crippen LogP contribution is 2.75. The Morgan fingerprint density at radius 2 is 1.74 bits per heavy atom. The Balaban J connectivity index is 1.28. The first kappa shape index (κ1) is 32.4. The van der Waals surface area contributed by atoms with Crippen molar-refractivity contribution in [1.29, 1.82) is 0 Å². The highest BCUT2D eigenvalue weighted by atomic mass is 35.5. The van der Waals surface area contributed by atoms with E-state index in [1.165, 1.54) is 18.4 Å². The number of ether oxygens (including phenoxy) is 1. The Bertz CT molecular complexity index is 1570. The summed E-state index contributed by atoms with van der Waals surface area (Å²) in [4.78, 5) is 19.3. The highest BCUT2D eigenvalue weighted by molar-refractivity contribution is 6.30. The van der Waals surface area contributed by atoms with Crippen LogP contribution < -0.4 is 0 Å². The van der Waals surface area contributed by atoms with E-state index < -0.39 is 5.41 Å². The van der Waals surface area contributed by atoms with Gasteiger partial charge < -0.3 is 9.84 Å². The molecule has 5 aliphatic carbocycles. The maximum absolute atomic E-state index is 14.3. The molecule has 46 heavy (non-hydrogen) atoms. The van der Waals surface area contributed by atoms with Gasteiger partial charge in [-0.25, -0.2) is 4.98 Å². The third-order valence-corrected chi connectivity index (χ3v) is 15.6. The number of aliphatic hydroxyl groups excluding tert-OH is 1. The van der Waals surface area contributed by atoms with E-state index in [-0.39, 0.29) is 40.2 Å². The number of fused-ring (bicyclic) bond motifs is 8. The lowest BCUT2D eigenvalue weighted by atomic mass is 9.33. The molecule has 5 aliphatic rings. The molecule has 1 aromatic heterocycles. The van der Waals surface area contributed by atoms with Gasteiger partial charge in [0, 0.05) is 11.0 Å². The zero-order valence-electron chi connectivity index (χ0n) is 29.1. The third kappa shape index (κ3) is 4.34. The van der Waals surface area contributed by atoms with Crippen molar-refractivity contribution < 1.29 is 14.6 Å². The van der Waals surface area contributed by atoms with Gasteiger partial charge in [0.1, 0.15) is 11.8 Å². The van der Waals surface area contributed by atoms with Crippen molar-refractivity contribution >= 4 is 17.6 Å². The molecule has 4 nitrogen and oxygen atoms in total. The standard InChI is InChI=1S/C41H54ClNO3/c1-25-15-18-41(36(45)46-24-27-11-9-8-10-12-27)20-19-39(6)30(33(41)26(25)2)13-14-32-38(5)22-28-21-29(23-44)35(42)43-34(28)37(3,4)31(38)16-17-40(32,39)7/h8-13,21,25-26,31-33,44H,14-20,22-24H2,1-7H3/t25-,26+,31+,32-,33+,38+,39-,40-,41+/m1/s1. The maximum Gasteiger partial charge on any atom is 0.313 e. The Hall–Kier alpha value is -2.17. The second kappa shape index (κ2) is 10.9. The van der Waals surface area contributed by atoms with Crippen molar-refractivity contribution in [2.24, 2.45) is 51.2 Å². The smallest absolute Gasteiger partial charge is 0.313 e. The highest BCUT2D eigenvalue weighted by Gasteiger charge is 2.69. The molecule has 1 aromatic carbocycles. The molecule has 3 fully saturated rings. The second-order valence-corrected chi connectivity index (χ2v) is 17.7. The van der Waals surface area contributed by atoms with E-state index in [0.29, 0.717) is 35.4 Å². The Labute approximate surface area is 281 Å². The fourth-order valence-electron chi connectivity index (χ4n) is 12.5. The van der Waals surface area contributed by atoms with Gasteiger partial charge in [-0.2, -0.15) is 0 Å². The van der Waals surface area contributed by atoms with Gasteiger partial charge in [0.25, 0.3) is 0 Å². The summed E-state index contributed by atoms with van der Waals surface area (Å²) in [5, 5.41) is 10.5. The van der Waals surface area contributed by atoms with Crippen molar-refractivity contribution in [3.8, 4) is 0 Å². The minimum Gasteiger partial charge on any atom is -0.460 e. The fraction of sp³-hybridized carbons (Fsp3) is 0.659. The maximum atomic E-state index is 14.3. The van der Waals surface area contributed by atoms with Crippen molar-refractivity contribution in [2.75, 3.05) is 0 Å². The van der Waals surface area contributed by atoms with Crippen LogP contribution in [0, 0.1) is 51.2 Å². The molecule has 0 bridgehead atoms. The number of hydrogen-bond acceptors (Lipinski definition) is 4. The number of nitrogens with zero attached hydrogens (tertiary/aromatic N) is 1. The lowest BCUT2D eigenvalue weighted by Gasteiger charge is -2.71. The largest absolute Gasteiger partial charge is 0.460 e. The Morgan fingerprint density at radius 3 is 2.46 bits per heavy atom. The Morgan fingerprint density at radius 1 is 1.00 bits per heavy atom. The molecular formula is C41H54ClNO3. The summed E-state index contributed by atoms with van der Waals surface area (Å²) in [6.45, 7) is 17.6. The molecule has 1 heterocycles. The van der Waals surface area contributed by atoms with Crippen LogP contribution in [0.3, 0.4) is 0 Å². The van der Waals surface area contributed by atoms with Gasteiger partial charge in [0.05, 0.1) is 17.7 Å². The van der Waals surface area contributed by atoms with Crippen LogP contribution in [0.15, 0.2) is 48.0 Å². The molecule has 0 unspecified atom stereocenters. The average molecular weight is 644 g/mol. The number of allylic oxidation sites excluding steroid dienone is 2. The van der Waals surface area contributed by atoms with E-state index in [2.05, 4.69) is 60.6 Å². The first-order valence-electron chi connectivity index (χ1n) is 17.9. The quantitative estimate of drug-likeness (QED) is 0.205. The molecule has 5 heteroatoms. The summed E-state index contributed by atoms with van der Waals surface area (Å²) in [7, 11) is 0. The van der Waals surface area contributed by atoms with Crippen molar-refractivity contribution in [2.45, 2.75) is 118 Å². The predicted octanol–water partition coefficient (Wildman–Crippen LogP) is 9.64.